The molecule has 0 atom stereocenters. The summed E-state index contributed by atoms with van der Waals surface area (Å²) < 4.78 is 9.50. The number of nitrogens with zero attached hydrogens (tertiary/aromatic N) is 16. The number of halogens is 2. The summed E-state index contributed by atoms with van der Waals surface area (Å²) in [6.45, 7) is 48.8. The normalized spacial score (nSPS) is 12.6. The molecule has 0 radical (unpaired) electrons. The summed E-state index contributed by atoms with van der Waals surface area (Å²) in [5.74, 6) is -4.69. The standard InChI is InChI=1S/C27H22Cl2N4O5.C25H20N4O4.C24H16N4O4.C23H16N4O4/c1-13(2)38-11-7-10-33-26(36)21(30-4)14(3)22(27(33)37)31-32-23-18(29)12-17(28)19-20(23)25(35)16-9-6-5-8-15(16)24(19)34;1-13(2)12-29-24(32)20(26-4)14(3)21(25(29)33)28-27-18-11-7-10-17-19(18)23(31)16-9-6-5-8-15(16)22(17)30;1-4-12-28-23(31)19(25-3)13(2)20(24(28)32)27-26-17-11-7-10-16-18(17)22(30)15-9-6-5-8-14(15)21(16)29;1-11-9-10-15-16(21(29)14-8-6-5-7-13(14)20(15)28)17(11)25-26-19-12(2)18(24-3)22(30)27(4)23(19)31/h5-6,8-9,12-13,36H,7,10-11H2,1-3H3;5-11,13,32H,12H2,1-3H3;4-11,31H,1,12H2,2H3;5-10,30H,1-2,4H3. The maximum atomic E-state index is 13.4. The number of rotatable bonds is 17. The van der Waals surface area contributed by atoms with Gasteiger partial charge in [0, 0.05) is 94.5 Å². The molecule has 12 aromatic rings. The predicted molar refractivity (Wildman–Crippen MR) is 496 cm³/mol. The minimum Gasteiger partial charge on any atom is -0.503 e. The van der Waals surface area contributed by atoms with E-state index >= 15 is 0 Å². The van der Waals surface area contributed by atoms with Crippen LogP contribution in [-0.2, 0) is 31.4 Å². The van der Waals surface area contributed by atoms with E-state index in [-0.39, 0.29) is 239 Å². The van der Waals surface area contributed by atoms with Crippen molar-refractivity contribution in [1.29, 1.82) is 0 Å². The van der Waals surface area contributed by atoms with Gasteiger partial charge in [-0.1, -0.05) is 171 Å². The number of carbonyl (C=O) groups excluding carboxylic acids is 8. The maximum Gasteiger partial charge on any atom is 0.279 e. The van der Waals surface area contributed by atoms with Gasteiger partial charge in [0.2, 0.25) is 22.7 Å². The molecule has 4 N–H and O–H groups in total. The fraction of sp³-hybridized carbons (Fsp3) is 0.172. The molecule has 4 aliphatic carbocycles. The Hall–Kier alpha value is -17.2. The third-order valence-electron chi connectivity index (χ3n) is 22.1. The van der Waals surface area contributed by atoms with E-state index in [0.29, 0.717) is 35.3 Å². The minimum absolute atomic E-state index is 0.00175. The van der Waals surface area contributed by atoms with E-state index in [0.717, 1.165) is 18.3 Å². The fourth-order valence-electron chi connectivity index (χ4n) is 15.3. The van der Waals surface area contributed by atoms with Crippen molar-refractivity contribution in [2.75, 3.05) is 6.61 Å². The number of azo groups is 4. The highest BCUT2D eigenvalue weighted by atomic mass is 35.5. The van der Waals surface area contributed by atoms with Crippen LogP contribution in [0.25, 0.3) is 19.4 Å². The lowest BCUT2D eigenvalue weighted by molar-refractivity contribution is 0.0743. The Kier molecular flexibility index (Phi) is 27.5. The molecule has 666 valence electrons. The highest BCUT2D eigenvalue weighted by Crippen LogP contribution is 2.47. The molecule has 0 amide bonds. The number of hydrogen-bond donors (Lipinski definition) is 4. The highest BCUT2D eigenvalue weighted by molar-refractivity contribution is 6.43. The van der Waals surface area contributed by atoms with Gasteiger partial charge < -0.3 is 25.2 Å². The molecular weight excluding hydrogens is 1760 g/mol. The number of ether oxygens (including phenoxy) is 1. The van der Waals surface area contributed by atoms with E-state index in [1.807, 2.05) is 27.7 Å². The van der Waals surface area contributed by atoms with Gasteiger partial charge in [0.05, 0.1) is 81.6 Å². The van der Waals surface area contributed by atoms with Crippen molar-refractivity contribution in [3.05, 3.63) is 378 Å². The molecule has 134 heavy (non-hydrogen) atoms. The van der Waals surface area contributed by atoms with Crippen molar-refractivity contribution in [1.82, 2.24) is 18.3 Å². The summed E-state index contributed by atoms with van der Waals surface area (Å²) in [6, 6.07) is 39.9. The van der Waals surface area contributed by atoms with E-state index in [2.05, 4.69) is 66.9 Å². The molecule has 4 aromatic heterocycles. The minimum atomic E-state index is -0.688. The SMILES string of the molecule is [C-]#[N+]c1c(C)c(N=Nc2c(C)ccc3c2C(=O)c2ccccc2C3=O)c(=O)n(C)c1O.[C-]#[N+]c1c(C)c(N=Nc2c(Cl)cc(Cl)c3c2C(=O)c2ccccc2C3=O)c(=O)n(CCCOC(C)C)c1O.[C-]#[N+]c1c(C)c(N=Nc2cccc3c2C(=O)c2ccccc2C3=O)c(=O)n(CC(C)C)c1O.[C-]#[N+]c1c(C)c(N=Nc2cccc3c2C(=O)c2ccccc2C3=O)c(=O)n(CC=C)c1O. The number of aromatic hydroxyl groups is 4. The molecule has 0 spiro atoms. The maximum absolute atomic E-state index is 13.4. The number of hydrogen-bond acceptors (Lipinski definition) is 25. The summed E-state index contributed by atoms with van der Waals surface area (Å²) in [5, 5.41) is 74.0. The Bertz CT molecular complexity index is 7790. The molecule has 0 bridgehead atoms. The molecule has 4 heterocycles. The Morgan fingerprint density at radius 3 is 1.11 bits per heavy atom. The summed E-state index contributed by atoms with van der Waals surface area (Å²) in [5.41, 5.74) is 0.927. The largest absolute Gasteiger partial charge is 0.503 e. The molecular formula is C99H74Cl2N16O17. The van der Waals surface area contributed by atoms with Gasteiger partial charge in [-0.15, -0.1) is 47.5 Å². The molecule has 0 aliphatic heterocycles. The van der Waals surface area contributed by atoms with E-state index in [1.54, 1.807) is 134 Å². The number of pyridine rings is 4. The van der Waals surface area contributed by atoms with E-state index in [9.17, 15) is 78.0 Å². The fourth-order valence-corrected chi connectivity index (χ4v) is 15.9. The first-order valence-corrected chi connectivity index (χ1v) is 41.6. The number of benzene rings is 8. The topological polar surface area (TPSA) is 431 Å². The van der Waals surface area contributed by atoms with Gasteiger partial charge >= 0.3 is 0 Å². The van der Waals surface area contributed by atoms with Crippen LogP contribution in [0.3, 0.4) is 0 Å². The Balaban J connectivity index is 0.000000152. The number of allylic oxidation sites excluding steroid dienone is 1. The first-order valence-electron chi connectivity index (χ1n) is 40.9. The Morgan fingerprint density at radius 1 is 0.373 bits per heavy atom. The second-order valence-corrected chi connectivity index (χ2v) is 32.1. The lowest BCUT2D eigenvalue weighted by Crippen LogP contribution is -2.23. The lowest BCUT2D eigenvalue weighted by Gasteiger charge is -2.20. The molecule has 35 heteroatoms. The third kappa shape index (κ3) is 17.2. The second kappa shape index (κ2) is 39.0. The number of aromatic nitrogens is 4. The zero-order chi connectivity index (χ0) is 97.0. The predicted octanol–water partition coefficient (Wildman–Crippen LogP) is 21.2. The van der Waals surface area contributed by atoms with Gasteiger partial charge in [0.15, 0.2) is 69.8 Å². The molecule has 0 fully saturated rings. The van der Waals surface area contributed by atoms with Crippen LogP contribution >= 0.6 is 23.2 Å². The summed E-state index contributed by atoms with van der Waals surface area (Å²) >= 11 is 12.7. The van der Waals surface area contributed by atoms with Gasteiger partial charge in [0.1, 0.15) is 34.1 Å². The van der Waals surface area contributed by atoms with Crippen LogP contribution in [0, 0.1) is 66.8 Å². The van der Waals surface area contributed by atoms with Crippen molar-refractivity contribution in [3.8, 4) is 23.5 Å². The van der Waals surface area contributed by atoms with Crippen molar-refractivity contribution in [3.63, 3.8) is 0 Å². The average molecular weight is 1830 g/mol. The molecule has 0 saturated heterocycles. The van der Waals surface area contributed by atoms with Crippen LogP contribution in [0.5, 0.6) is 23.5 Å². The zero-order valence-electron chi connectivity index (χ0n) is 72.9. The van der Waals surface area contributed by atoms with Gasteiger partial charge in [-0.2, -0.15) is 0 Å². The Morgan fingerprint density at radius 2 is 0.701 bits per heavy atom. The van der Waals surface area contributed by atoms with Crippen LogP contribution in [0.4, 0.5) is 68.2 Å². The van der Waals surface area contributed by atoms with Gasteiger partial charge in [-0.25, -0.2) is 19.4 Å². The summed E-state index contributed by atoms with van der Waals surface area (Å²) in [7, 11) is 1.32. The monoisotopic (exact) mass is 1830 g/mol. The van der Waals surface area contributed by atoms with Crippen molar-refractivity contribution in [2.45, 2.75) is 94.5 Å². The molecule has 0 saturated carbocycles. The molecule has 16 rings (SSSR count). The van der Waals surface area contributed by atoms with Gasteiger partial charge in [0.25, 0.3) is 22.2 Å². The van der Waals surface area contributed by atoms with Crippen LogP contribution in [0.1, 0.15) is 189 Å². The molecule has 8 aromatic carbocycles. The van der Waals surface area contributed by atoms with E-state index < -0.39 is 57.3 Å². The molecule has 4 aliphatic rings. The number of carbonyl (C=O) groups is 8. The van der Waals surface area contributed by atoms with E-state index in [1.165, 1.54) is 65.1 Å². The zero-order valence-corrected chi connectivity index (χ0v) is 74.4. The third-order valence-corrected chi connectivity index (χ3v) is 22.7. The van der Waals surface area contributed by atoms with Gasteiger partial charge in [-0.3, -0.25) is 75.8 Å². The summed E-state index contributed by atoms with van der Waals surface area (Å²) in [4.78, 5) is 170. The van der Waals surface area contributed by atoms with Crippen molar-refractivity contribution >= 4 is 138 Å². The first kappa shape index (κ1) is 94.4. The Labute approximate surface area is 771 Å². The number of ketones is 8. The van der Waals surface area contributed by atoms with Crippen molar-refractivity contribution < 1.29 is 63.5 Å². The van der Waals surface area contributed by atoms with Crippen LogP contribution in [-0.4, -0.2) is 97.7 Å². The van der Waals surface area contributed by atoms with Crippen LogP contribution in [0.2, 0.25) is 10.0 Å². The summed E-state index contributed by atoms with van der Waals surface area (Å²) in [6.07, 6.45) is 1.80. The number of aryl methyl sites for hydroxylation is 1. The van der Waals surface area contributed by atoms with Crippen LogP contribution in [0.15, 0.2) is 224 Å². The highest BCUT2D eigenvalue weighted by Gasteiger charge is 2.39. The molecule has 0 unspecified atom stereocenters. The second-order valence-electron chi connectivity index (χ2n) is 31.2. The van der Waals surface area contributed by atoms with E-state index in [4.69, 9.17) is 54.2 Å². The van der Waals surface area contributed by atoms with Crippen LogP contribution < -0.4 is 22.2 Å². The quantitative estimate of drug-likeness (QED) is 0.0285. The van der Waals surface area contributed by atoms with Gasteiger partial charge in [-0.05, 0) is 113 Å². The smallest absolute Gasteiger partial charge is 0.279 e. The first-order chi connectivity index (χ1) is 64.0. The lowest BCUT2D eigenvalue weighted by atomic mass is 9.82. The van der Waals surface area contributed by atoms with Crippen molar-refractivity contribution in [2.24, 2.45) is 53.9 Å². The number of fused-ring (bicyclic) bond motifs is 8. The average Bonchev–Trinajstić information content (AvgIpc) is 0.699. The molecule has 33 nitrogen and oxygen atoms in total.